The van der Waals surface area contributed by atoms with Gasteiger partial charge in [-0.05, 0) is 60.2 Å². The number of pyridine rings is 1. The zero-order valence-electron chi connectivity index (χ0n) is 18.9. The number of aromatic carboxylic acids is 1. The third-order valence-corrected chi connectivity index (χ3v) is 6.40. The molecule has 0 bridgehead atoms. The number of methoxy groups -OCH3 is 1. The van der Waals surface area contributed by atoms with Crippen LogP contribution in [0, 0.1) is 0 Å². The fourth-order valence-corrected chi connectivity index (χ4v) is 4.66. The first kappa shape index (κ1) is 22.6. The molecule has 0 aliphatic carbocycles. The van der Waals surface area contributed by atoms with Crippen molar-refractivity contribution in [2.45, 2.75) is 18.6 Å². The van der Waals surface area contributed by atoms with Gasteiger partial charge in [-0.3, -0.25) is 4.98 Å². The van der Waals surface area contributed by atoms with Crippen molar-refractivity contribution in [2.75, 3.05) is 7.11 Å². The van der Waals surface area contributed by atoms with Crippen LogP contribution in [-0.4, -0.2) is 33.2 Å². The number of furan rings is 1. The molecule has 1 aliphatic rings. The Morgan fingerprint density at radius 2 is 1.86 bits per heavy atom. The molecule has 1 saturated heterocycles. The second-order valence-corrected chi connectivity index (χ2v) is 8.54. The number of aromatic nitrogens is 1. The lowest BCUT2D eigenvalue weighted by Crippen LogP contribution is -2.29. The van der Waals surface area contributed by atoms with Crippen molar-refractivity contribution in [3.8, 4) is 17.1 Å². The molecular formula is C27H23N3O4S. The number of nitrogens with zero attached hydrogens (tertiary/aromatic N) is 2. The highest BCUT2D eigenvalue weighted by Crippen LogP contribution is 2.41. The van der Waals surface area contributed by atoms with Gasteiger partial charge in [-0.15, -0.1) is 0 Å². The molecule has 1 aliphatic heterocycles. The van der Waals surface area contributed by atoms with E-state index in [0.717, 1.165) is 17.0 Å². The Kier molecular flexibility index (Phi) is 6.20. The van der Waals surface area contributed by atoms with Gasteiger partial charge in [-0.1, -0.05) is 36.4 Å². The van der Waals surface area contributed by atoms with Crippen LogP contribution in [0.5, 0.6) is 5.75 Å². The summed E-state index contributed by atoms with van der Waals surface area (Å²) in [5.41, 5.74) is 2.60. The fourth-order valence-electron chi connectivity index (χ4n) is 4.35. The van der Waals surface area contributed by atoms with Crippen molar-refractivity contribution >= 4 is 23.3 Å². The number of nitrogens with one attached hydrogen (secondary N) is 1. The Balaban J connectivity index is 1.54. The maximum Gasteiger partial charge on any atom is 0.336 e. The van der Waals surface area contributed by atoms with Crippen molar-refractivity contribution in [3.63, 3.8) is 0 Å². The van der Waals surface area contributed by atoms with Crippen molar-refractivity contribution in [1.29, 1.82) is 0 Å². The molecule has 176 valence electrons. The number of hydrogen-bond donors (Lipinski definition) is 2. The van der Waals surface area contributed by atoms with Crippen LogP contribution < -0.4 is 10.1 Å². The average molecular weight is 486 g/mol. The second-order valence-electron chi connectivity index (χ2n) is 8.16. The summed E-state index contributed by atoms with van der Waals surface area (Å²) in [7, 11) is 1.64. The maximum atomic E-state index is 11.7. The highest BCUT2D eigenvalue weighted by molar-refractivity contribution is 7.80. The standard InChI is InChI=1S/C27H23N3O4S/c1-33-18-11-9-17(10-12-18)16-30-25(24(29-27(30)35)21-8-4-5-15-28-21)23-14-13-22(34-23)19-6-2-3-7-20(19)26(31)32/h2-15,24-25H,16H2,1H3,(H,29,35)(H,31,32)/t24-,25+/m0/s1. The quantitative estimate of drug-likeness (QED) is 0.345. The Bertz CT molecular complexity index is 1350. The molecule has 0 radical (unpaired) electrons. The third kappa shape index (κ3) is 4.48. The van der Waals surface area contributed by atoms with Gasteiger partial charge >= 0.3 is 5.97 Å². The lowest BCUT2D eigenvalue weighted by Gasteiger charge is -2.26. The van der Waals surface area contributed by atoms with Crippen LogP contribution in [-0.2, 0) is 6.54 Å². The normalized spacial score (nSPS) is 17.3. The monoisotopic (exact) mass is 485 g/mol. The number of ether oxygens (including phenoxy) is 1. The molecule has 2 atom stereocenters. The van der Waals surface area contributed by atoms with E-state index in [1.807, 2.05) is 48.5 Å². The first-order valence-corrected chi connectivity index (χ1v) is 11.5. The molecule has 5 rings (SSSR count). The number of carbonyl (C=O) groups is 1. The Hall–Kier alpha value is -4.17. The zero-order valence-corrected chi connectivity index (χ0v) is 19.7. The highest BCUT2D eigenvalue weighted by atomic mass is 32.1. The average Bonchev–Trinajstić information content (AvgIpc) is 3.50. The van der Waals surface area contributed by atoms with E-state index in [2.05, 4.69) is 15.2 Å². The lowest BCUT2D eigenvalue weighted by atomic mass is 10.0. The Morgan fingerprint density at radius 1 is 1.09 bits per heavy atom. The van der Waals surface area contributed by atoms with Gasteiger partial charge in [0, 0.05) is 18.3 Å². The molecule has 0 spiro atoms. The molecule has 0 saturated carbocycles. The van der Waals surface area contributed by atoms with Gasteiger partial charge in [-0.2, -0.15) is 0 Å². The van der Waals surface area contributed by atoms with Gasteiger partial charge in [0.25, 0.3) is 0 Å². The predicted molar refractivity (Wildman–Crippen MR) is 135 cm³/mol. The van der Waals surface area contributed by atoms with Crippen molar-refractivity contribution < 1.29 is 19.1 Å². The van der Waals surface area contributed by atoms with Crippen LogP contribution in [0.25, 0.3) is 11.3 Å². The molecule has 1 fully saturated rings. The fraction of sp³-hybridized carbons (Fsp3) is 0.148. The number of benzene rings is 2. The molecule has 2 aromatic carbocycles. The third-order valence-electron chi connectivity index (χ3n) is 6.05. The zero-order chi connectivity index (χ0) is 24.4. The van der Waals surface area contributed by atoms with E-state index in [9.17, 15) is 9.90 Å². The largest absolute Gasteiger partial charge is 0.497 e. The Morgan fingerprint density at radius 3 is 2.57 bits per heavy atom. The molecular weight excluding hydrogens is 462 g/mol. The molecule has 7 nitrogen and oxygen atoms in total. The number of rotatable bonds is 7. The summed E-state index contributed by atoms with van der Waals surface area (Å²) in [6, 6.07) is 23.6. The number of thiocarbonyl (C=S) groups is 1. The number of carboxylic acids is 1. The molecule has 0 amide bonds. The van der Waals surface area contributed by atoms with Crippen LogP contribution in [0.3, 0.4) is 0 Å². The van der Waals surface area contributed by atoms with E-state index >= 15 is 0 Å². The number of carboxylic acid groups (broad SMARTS) is 1. The van der Waals surface area contributed by atoms with Crippen LogP contribution in [0.1, 0.15) is 39.5 Å². The maximum absolute atomic E-state index is 11.7. The summed E-state index contributed by atoms with van der Waals surface area (Å²) in [6.45, 7) is 0.547. The van der Waals surface area contributed by atoms with Gasteiger partial charge in [-0.25, -0.2) is 4.79 Å². The Labute approximate surface area is 208 Å². The van der Waals surface area contributed by atoms with Crippen molar-refractivity contribution in [1.82, 2.24) is 15.2 Å². The number of hydrogen-bond acceptors (Lipinski definition) is 5. The molecule has 4 aromatic rings. The highest BCUT2D eigenvalue weighted by Gasteiger charge is 2.41. The van der Waals surface area contributed by atoms with Crippen LogP contribution in [0.2, 0.25) is 0 Å². The lowest BCUT2D eigenvalue weighted by molar-refractivity contribution is 0.0697. The van der Waals surface area contributed by atoms with Gasteiger partial charge in [0.2, 0.25) is 0 Å². The topological polar surface area (TPSA) is 87.8 Å². The first-order valence-electron chi connectivity index (χ1n) is 11.1. The van der Waals surface area contributed by atoms with E-state index in [4.69, 9.17) is 21.4 Å². The molecule has 2 N–H and O–H groups in total. The van der Waals surface area contributed by atoms with Crippen molar-refractivity contribution in [2.24, 2.45) is 0 Å². The first-order chi connectivity index (χ1) is 17.0. The minimum Gasteiger partial charge on any atom is -0.497 e. The van der Waals surface area contributed by atoms with E-state index in [1.54, 1.807) is 43.6 Å². The van der Waals surface area contributed by atoms with Gasteiger partial charge in [0.15, 0.2) is 5.11 Å². The molecule has 0 unspecified atom stereocenters. The van der Waals surface area contributed by atoms with Crippen LogP contribution in [0.15, 0.2) is 89.5 Å². The van der Waals surface area contributed by atoms with Gasteiger partial charge in [0.1, 0.15) is 23.3 Å². The summed E-state index contributed by atoms with van der Waals surface area (Å²) >= 11 is 5.74. The van der Waals surface area contributed by atoms with E-state index in [-0.39, 0.29) is 17.6 Å². The minimum atomic E-state index is -1.00. The van der Waals surface area contributed by atoms with Gasteiger partial charge in [0.05, 0.1) is 24.4 Å². The van der Waals surface area contributed by atoms with E-state index in [1.165, 1.54) is 0 Å². The molecule has 2 aromatic heterocycles. The predicted octanol–water partition coefficient (Wildman–Crippen LogP) is 5.22. The van der Waals surface area contributed by atoms with Crippen LogP contribution in [0.4, 0.5) is 0 Å². The molecule has 8 heteroatoms. The van der Waals surface area contributed by atoms with E-state index < -0.39 is 5.97 Å². The minimum absolute atomic E-state index is 0.185. The van der Waals surface area contributed by atoms with Crippen molar-refractivity contribution in [3.05, 3.63) is 108 Å². The smallest absolute Gasteiger partial charge is 0.336 e. The second kappa shape index (κ2) is 9.60. The van der Waals surface area contributed by atoms with Crippen LogP contribution >= 0.6 is 12.2 Å². The van der Waals surface area contributed by atoms with Gasteiger partial charge < -0.3 is 24.5 Å². The SMILES string of the molecule is COc1ccc(CN2C(=S)N[C@@H](c3ccccn3)[C@H]2c2ccc(-c3ccccc3C(=O)O)o2)cc1. The molecule has 35 heavy (non-hydrogen) atoms. The summed E-state index contributed by atoms with van der Waals surface area (Å²) in [5.74, 6) is 0.929. The summed E-state index contributed by atoms with van der Waals surface area (Å²) in [6.07, 6.45) is 1.75. The summed E-state index contributed by atoms with van der Waals surface area (Å²) in [4.78, 5) is 18.4. The summed E-state index contributed by atoms with van der Waals surface area (Å²) < 4.78 is 11.6. The van der Waals surface area contributed by atoms with E-state index in [0.29, 0.717) is 28.7 Å². The summed E-state index contributed by atoms with van der Waals surface area (Å²) in [5, 5.41) is 13.6. The molecule has 3 heterocycles.